The molecule has 0 spiro atoms. The molecule has 0 aromatic carbocycles. The van der Waals surface area contributed by atoms with E-state index >= 15 is 0 Å². The second-order valence-electron chi connectivity index (χ2n) is 5.59. The highest BCUT2D eigenvalue weighted by Gasteiger charge is 2.35. The van der Waals surface area contributed by atoms with Crippen LogP contribution in [0.25, 0.3) is 0 Å². The standard InChI is InChI=1S/C13H22N2O4/c1-9(2-5-12(16)17)6-14-13(18)15-7-10-3-4-11(8-15)19-10/h9-11H,2-8H2,1H3,(H,14,18)(H,16,17). The monoisotopic (exact) mass is 270 g/mol. The number of likely N-dealkylation sites (tertiary alicyclic amines) is 1. The van der Waals surface area contributed by atoms with Crippen LogP contribution in [0.1, 0.15) is 32.6 Å². The van der Waals surface area contributed by atoms with Crippen molar-refractivity contribution >= 4 is 12.0 Å². The third-order valence-electron chi connectivity index (χ3n) is 3.78. The number of hydrogen-bond acceptors (Lipinski definition) is 3. The van der Waals surface area contributed by atoms with Crippen molar-refractivity contribution < 1.29 is 19.4 Å². The first-order valence-corrected chi connectivity index (χ1v) is 6.94. The lowest BCUT2D eigenvalue weighted by Gasteiger charge is -2.32. The first-order chi connectivity index (χ1) is 9.04. The van der Waals surface area contributed by atoms with E-state index in [-0.39, 0.29) is 30.6 Å². The van der Waals surface area contributed by atoms with Gasteiger partial charge in [-0.2, -0.15) is 0 Å². The fourth-order valence-corrected chi connectivity index (χ4v) is 2.63. The zero-order valence-electron chi connectivity index (χ0n) is 11.3. The molecule has 2 amide bonds. The van der Waals surface area contributed by atoms with Gasteiger partial charge in [0.05, 0.1) is 12.2 Å². The number of fused-ring (bicyclic) bond motifs is 2. The molecule has 19 heavy (non-hydrogen) atoms. The highest BCUT2D eigenvalue weighted by molar-refractivity contribution is 5.74. The Morgan fingerprint density at radius 3 is 2.58 bits per heavy atom. The fraction of sp³-hybridized carbons (Fsp3) is 0.846. The van der Waals surface area contributed by atoms with E-state index in [2.05, 4.69) is 5.32 Å². The summed E-state index contributed by atoms with van der Waals surface area (Å²) in [6.45, 7) is 3.82. The van der Waals surface area contributed by atoms with Crippen molar-refractivity contribution in [3.8, 4) is 0 Å². The summed E-state index contributed by atoms with van der Waals surface area (Å²) in [5.41, 5.74) is 0. The van der Waals surface area contributed by atoms with E-state index in [0.717, 1.165) is 12.8 Å². The minimum absolute atomic E-state index is 0.0534. The van der Waals surface area contributed by atoms with Gasteiger partial charge in [-0.05, 0) is 25.2 Å². The topological polar surface area (TPSA) is 78.9 Å². The normalized spacial score (nSPS) is 27.1. The van der Waals surface area contributed by atoms with E-state index in [1.54, 1.807) is 0 Å². The Morgan fingerprint density at radius 1 is 1.37 bits per heavy atom. The van der Waals surface area contributed by atoms with Crippen molar-refractivity contribution in [2.24, 2.45) is 5.92 Å². The predicted octanol–water partition coefficient (Wildman–Crippen LogP) is 1.06. The molecule has 2 bridgehead atoms. The molecule has 2 heterocycles. The van der Waals surface area contributed by atoms with Gasteiger partial charge >= 0.3 is 12.0 Å². The first-order valence-electron chi connectivity index (χ1n) is 6.94. The lowest BCUT2D eigenvalue weighted by molar-refractivity contribution is -0.137. The van der Waals surface area contributed by atoms with Crippen molar-refractivity contribution in [2.75, 3.05) is 19.6 Å². The summed E-state index contributed by atoms with van der Waals surface area (Å²) < 4.78 is 5.68. The summed E-state index contributed by atoms with van der Waals surface area (Å²) in [6, 6.07) is -0.0534. The minimum atomic E-state index is -0.789. The van der Waals surface area contributed by atoms with Gasteiger partial charge in [-0.15, -0.1) is 0 Å². The number of ether oxygens (including phenoxy) is 1. The highest BCUT2D eigenvalue weighted by atomic mass is 16.5. The molecule has 0 saturated carbocycles. The molecule has 0 radical (unpaired) electrons. The molecule has 6 nitrogen and oxygen atoms in total. The van der Waals surface area contributed by atoms with Crippen LogP contribution in [-0.4, -0.2) is 53.8 Å². The van der Waals surface area contributed by atoms with Gasteiger partial charge in [0.2, 0.25) is 0 Å². The Morgan fingerprint density at radius 2 is 2.00 bits per heavy atom. The van der Waals surface area contributed by atoms with E-state index in [1.165, 1.54) is 0 Å². The van der Waals surface area contributed by atoms with Gasteiger partial charge < -0.3 is 20.1 Å². The molecule has 2 N–H and O–H groups in total. The van der Waals surface area contributed by atoms with Gasteiger partial charge in [-0.25, -0.2) is 4.79 Å². The summed E-state index contributed by atoms with van der Waals surface area (Å²) in [4.78, 5) is 24.3. The maximum Gasteiger partial charge on any atom is 0.317 e. The number of aliphatic carboxylic acids is 1. The van der Waals surface area contributed by atoms with Gasteiger partial charge in [0.25, 0.3) is 0 Å². The summed E-state index contributed by atoms with van der Waals surface area (Å²) >= 11 is 0. The summed E-state index contributed by atoms with van der Waals surface area (Å²) in [5.74, 6) is -0.610. The van der Waals surface area contributed by atoms with E-state index in [4.69, 9.17) is 9.84 Å². The van der Waals surface area contributed by atoms with E-state index in [9.17, 15) is 9.59 Å². The van der Waals surface area contributed by atoms with Gasteiger partial charge in [0.15, 0.2) is 0 Å². The summed E-state index contributed by atoms with van der Waals surface area (Å²) in [5, 5.41) is 11.5. The van der Waals surface area contributed by atoms with Crippen LogP contribution in [0.15, 0.2) is 0 Å². The molecule has 3 atom stereocenters. The average molecular weight is 270 g/mol. The molecular weight excluding hydrogens is 248 g/mol. The Labute approximate surface area is 113 Å². The molecule has 6 heteroatoms. The molecule has 2 rings (SSSR count). The van der Waals surface area contributed by atoms with Gasteiger partial charge in [-0.3, -0.25) is 4.79 Å². The number of hydrogen-bond donors (Lipinski definition) is 2. The molecule has 3 unspecified atom stereocenters. The van der Waals surface area contributed by atoms with E-state index in [1.807, 2.05) is 11.8 Å². The average Bonchev–Trinajstić information content (AvgIpc) is 2.72. The Balaban J connectivity index is 1.68. The lowest BCUT2D eigenvalue weighted by Crippen LogP contribution is -2.50. The number of carbonyl (C=O) groups is 2. The Bertz CT molecular complexity index is 336. The van der Waals surface area contributed by atoms with Crippen LogP contribution in [-0.2, 0) is 9.53 Å². The molecule has 0 aromatic heterocycles. The smallest absolute Gasteiger partial charge is 0.317 e. The molecule has 0 aromatic rings. The molecule has 2 fully saturated rings. The van der Waals surface area contributed by atoms with Gasteiger partial charge in [0.1, 0.15) is 0 Å². The number of urea groups is 1. The van der Waals surface area contributed by atoms with Crippen LogP contribution >= 0.6 is 0 Å². The van der Waals surface area contributed by atoms with Crippen LogP contribution in [0.4, 0.5) is 4.79 Å². The molecule has 2 aliphatic rings. The van der Waals surface area contributed by atoms with Crippen molar-refractivity contribution in [1.82, 2.24) is 10.2 Å². The van der Waals surface area contributed by atoms with E-state index < -0.39 is 5.97 Å². The minimum Gasteiger partial charge on any atom is -0.481 e. The fourth-order valence-electron chi connectivity index (χ4n) is 2.63. The quantitative estimate of drug-likeness (QED) is 0.783. The van der Waals surface area contributed by atoms with Crippen LogP contribution in [0.2, 0.25) is 0 Å². The maximum absolute atomic E-state index is 12.0. The number of nitrogens with zero attached hydrogens (tertiary/aromatic N) is 1. The van der Waals surface area contributed by atoms with Crippen LogP contribution < -0.4 is 5.32 Å². The first kappa shape index (κ1) is 14.1. The summed E-state index contributed by atoms with van der Waals surface area (Å²) in [6.07, 6.45) is 3.23. The largest absolute Gasteiger partial charge is 0.481 e. The zero-order chi connectivity index (χ0) is 13.8. The second kappa shape index (κ2) is 6.23. The Hall–Kier alpha value is -1.30. The predicted molar refractivity (Wildman–Crippen MR) is 68.9 cm³/mol. The zero-order valence-corrected chi connectivity index (χ0v) is 11.3. The molecular formula is C13H22N2O4. The number of morpholine rings is 1. The number of carbonyl (C=O) groups excluding carboxylic acids is 1. The van der Waals surface area contributed by atoms with Crippen molar-refractivity contribution in [1.29, 1.82) is 0 Å². The van der Waals surface area contributed by atoms with Gasteiger partial charge in [-0.1, -0.05) is 6.92 Å². The number of nitrogens with one attached hydrogen (secondary N) is 1. The van der Waals surface area contributed by atoms with Gasteiger partial charge in [0, 0.05) is 26.1 Å². The van der Waals surface area contributed by atoms with Crippen LogP contribution in [0, 0.1) is 5.92 Å². The number of carboxylic acids is 1. The van der Waals surface area contributed by atoms with Crippen molar-refractivity contribution in [3.05, 3.63) is 0 Å². The third kappa shape index (κ3) is 4.09. The SMILES string of the molecule is CC(CCC(=O)O)CNC(=O)N1CC2CCC(C1)O2. The third-order valence-corrected chi connectivity index (χ3v) is 3.78. The van der Waals surface area contributed by atoms with Crippen molar-refractivity contribution in [3.63, 3.8) is 0 Å². The highest BCUT2D eigenvalue weighted by Crippen LogP contribution is 2.26. The Kier molecular flexibility index (Phi) is 4.63. The maximum atomic E-state index is 12.0. The molecule has 2 aliphatic heterocycles. The number of rotatable bonds is 5. The van der Waals surface area contributed by atoms with E-state index in [0.29, 0.717) is 26.1 Å². The number of amides is 2. The second-order valence-corrected chi connectivity index (χ2v) is 5.59. The molecule has 0 aliphatic carbocycles. The lowest BCUT2D eigenvalue weighted by atomic mass is 10.1. The molecule has 108 valence electrons. The van der Waals surface area contributed by atoms with Crippen LogP contribution in [0.5, 0.6) is 0 Å². The van der Waals surface area contributed by atoms with Crippen LogP contribution in [0.3, 0.4) is 0 Å². The molecule has 2 saturated heterocycles. The van der Waals surface area contributed by atoms with Crippen molar-refractivity contribution in [2.45, 2.75) is 44.8 Å². The summed E-state index contributed by atoms with van der Waals surface area (Å²) in [7, 11) is 0. The number of carboxylic acid groups (broad SMARTS) is 1.